The Morgan fingerprint density at radius 1 is 1.25 bits per heavy atom. The second-order valence-electron chi connectivity index (χ2n) is 6.51. The van der Waals surface area contributed by atoms with Gasteiger partial charge in [-0.15, -0.1) is 0 Å². The van der Waals surface area contributed by atoms with Crippen LogP contribution in [-0.2, 0) is 18.9 Å². The van der Waals surface area contributed by atoms with Crippen LogP contribution in [0.2, 0.25) is 0 Å². The summed E-state index contributed by atoms with van der Waals surface area (Å²) in [6.07, 6.45) is 0.199. The summed E-state index contributed by atoms with van der Waals surface area (Å²) in [6, 6.07) is 6.81. The summed E-state index contributed by atoms with van der Waals surface area (Å²) in [5.41, 5.74) is -0.417. The number of carbonyl (C=O) groups excluding carboxylic acids is 1. The second-order valence-corrected chi connectivity index (χ2v) is 6.51. The molecule has 1 aromatic carbocycles. The maximum atomic E-state index is 12.6. The van der Waals surface area contributed by atoms with Gasteiger partial charge >= 0.3 is 5.69 Å². The van der Waals surface area contributed by atoms with Crippen molar-refractivity contribution in [1.29, 1.82) is 0 Å². The van der Waals surface area contributed by atoms with Gasteiger partial charge in [-0.2, -0.15) is 5.10 Å². The Labute approximate surface area is 161 Å². The molecule has 1 aromatic heterocycles. The molecule has 0 saturated carbocycles. The first-order chi connectivity index (χ1) is 13.3. The molecule has 148 valence electrons. The zero-order valence-corrected chi connectivity index (χ0v) is 16.2. The summed E-state index contributed by atoms with van der Waals surface area (Å²) in [5, 5.41) is 16.0. The second kappa shape index (κ2) is 7.34. The largest absolute Gasteiger partial charge is 0.494 e. The van der Waals surface area contributed by atoms with E-state index < -0.39 is 23.2 Å². The predicted molar refractivity (Wildman–Crippen MR) is 103 cm³/mol. The van der Waals surface area contributed by atoms with E-state index in [0.717, 1.165) is 14.7 Å². The van der Waals surface area contributed by atoms with Crippen molar-refractivity contribution in [3.8, 4) is 11.6 Å². The van der Waals surface area contributed by atoms with Crippen molar-refractivity contribution < 1.29 is 14.6 Å². The highest BCUT2D eigenvalue weighted by Gasteiger charge is 2.36. The molecule has 0 spiro atoms. The third-order valence-corrected chi connectivity index (χ3v) is 4.73. The number of carbonyl (C=O) groups is 1. The Morgan fingerprint density at radius 3 is 2.57 bits per heavy atom. The van der Waals surface area contributed by atoms with Gasteiger partial charge in [0.1, 0.15) is 11.3 Å². The van der Waals surface area contributed by atoms with Crippen LogP contribution in [0.25, 0.3) is 0 Å². The molecule has 1 amide bonds. The number of ether oxygens (including phenoxy) is 1. The van der Waals surface area contributed by atoms with Crippen molar-refractivity contribution in [2.45, 2.75) is 26.3 Å². The monoisotopic (exact) mass is 386 g/mol. The summed E-state index contributed by atoms with van der Waals surface area (Å²) < 4.78 is 7.54. The normalized spacial score (nSPS) is 16.2. The maximum absolute atomic E-state index is 12.6. The van der Waals surface area contributed by atoms with Crippen LogP contribution in [-0.4, -0.2) is 37.5 Å². The van der Waals surface area contributed by atoms with Crippen LogP contribution in [0.3, 0.4) is 0 Å². The van der Waals surface area contributed by atoms with Crippen LogP contribution in [0, 0.1) is 0 Å². The minimum atomic E-state index is -0.665. The summed E-state index contributed by atoms with van der Waals surface area (Å²) in [5.74, 6) is -0.170. The molecule has 0 aliphatic carbocycles. The molecule has 1 N–H and O–H groups in total. The number of hydrogen-bond donors (Lipinski definition) is 1. The first-order valence-corrected chi connectivity index (χ1v) is 8.86. The molecular weight excluding hydrogens is 364 g/mol. The molecule has 1 aliphatic rings. The van der Waals surface area contributed by atoms with Gasteiger partial charge in [-0.25, -0.2) is 9.80 Å². The molecule has 2 heterocycles. The number of para-hydroxylation sites is 1. The zero-order chi connectivity index (χ0) is 20.6. The maximum Gasteiger partial charge on any atom is 0.333 e. The number of aromatic nitrogens is 2. The van der Waals surface area contributed by atoms with E-state index in [4.69, 9.17) is 4.74 Å². The molecule has 0 saturated heterocycles. The summed E-state index contributed by atoms with van der Waals surface area (Å²) in [7, 11) is 2.69. The SMILES string of the molecule is CCOc1ccccc1[C@@H]1CC(c2c(O)n(C)c(=O)n(C)c2=O)=NN1C(C)=O. The third kappa shape index (κ3) is 3.08. The standard InChI is InChI=1S/C19H22N4O5/c1-5-28-15-9-7-6-8-12(15)14-10-13(20-23(14)11(2)24)16-17(25)21(3)19(27)22(4)18(16)26/h6-9,14,25H,5,10H2,1-4H3/t14-/m0/s1. The highest BCUT2D eigenvalue weighted by molar-refractivity contribution is 6.04. The molecule has 9 heteroatoms. The first kappa shape index (κ1) is 19.4. The Morgan fingerprint density at radius 2 is 1.93 bits per heavy atom. The van der Waals surface area contributed by atoms with E-state index in [1.807, 2.05) is 25.1 Å². The predicted octanol–water partition coefficient (Wildman–Crippen LogP) is 0.886. The zero-order valence-electron chi connectivity index (χ0n) is 16.2. The van der Waals surface area contributed by atoms with Crippen LogP contribution in [0.15, 0.2) is 39.0 Å². The number of hydrazone groups is 1. The van der Waals surface area contributed by atoms with E-state index in [0.29, 0.717) is 12.4 Å². The lowest BCUT2D eigenvalue weighted by Crippen LogP contribution is -2.39. The summed E-state index contributed by atoms with van der Waals surface area (Å²) >= 11 is 0. The van der Waals surface area contributed by atoms with Gasteiger partial charge in [-0.1, -0.05) is 18.2 Å². The average Bonchev–Trinajstić information content (AvgIpc) is 3.11. The van der Waals surface area contributed by atoms with Gasteiger partial charge in [-0.3, -0.25) is 18.7 Å². The van der Waals surface area contributed by atoms with Gasteiger partial charge in [0.2, 0.25) is 11.8 Å². The number of hydrogen-bond acceptors (Lipinski definition) is 6. The van der Waals surface area contributed by atoms with E-state index in [-0.39, 0.29) is 23.6 Å². The number of nitrogens with zero attached hydrogens (tertiary/aromatic N) is 4. The molecule has 1 atom stereocenters. The van der Waals surface area contributed by atoms with Crippen LogP contribution in [0.4, 0.5) is 0 Å². The lowest BCUT2D eigenvalue weighted by molar-refractivity contribution is -0.130. The number of benzene rings is 1. The third-order valence-electron chi connectivity index (χ3n) is 4.73. The van der Waals surface area contributed by atoms with E-state index in [1.165, 1.54) is 26.0 Å². The molecule has 2 aromatic rings. The minimum absolute atomic E-state index is 0.0905. The van der Waals surface area contributed by atoms with Crippen LogP contribution < -0.4 is 16.0 Å². The minimum Gasteiger partial charge on any atom is -0.494 e. The van der Waals surface area contributed by atoms with E-state index in [2.05, 4.69) is 5.10 Å². The van der Waals surface area contributed by atoms with Crippen molar-refractivity contribution in [1.82, 2.24) is 14.1 Å². The molecular formula is C19H22N4O5. The molecule has 1 aliphatic heterocycles. The average molecular weight is 386 g/mol. The van der Waals surface area contributed by atoms with Crippen molar-refractivity contribution in [2.24, 2.45) is 19.2 Å². The molecule has 3 rings (SSSR count). The topological polar surface area (TPSA) is 106 Å². The van der Waals surface area contributed by atoms with Gasteiger partial charge in [-0.05, 0) is 13.0 Å². The molecule has 28 heavy (non-hydrogen) atoms. The number of rotatable bonds is 4. The Bertz CT molecular complexity index is 1080. The van der Waals surface area contributed by atoms with Crippen LogP contribution in [0.5, 0.6) is 11.6 Å². The highest BCUT2D eigenvalue weighted by atomic mass is 16.5. The van der Waals surface area contributed by atoms with E-state index in [9.17, 15) is 19.5 Å². The van der Waals surface area contributed by atoms with Crippen molar-refractivity contribution in [3.05, 3.63) is 56.2 Å². The summed E-state index contributed by atoms with van der Waals surface area (Å²) in [4.78, 5) is 36.8. The fraction of sp³-hybridized carbons (Fsp3) is 0.368. The lowest BCUT2D eigenvalue weighted by Gasteiger charge is -2.22. The molecule has 9 nitrogen and oxygen atoms in total. The van der Waals surface area contributed by atoms with Crippen molar-refractivity contribution in [2.75, 3.05) is 6.61 Å². The summed E-state index contributed by atoms with van der Waals surface area (Å²) in [6.45, 7) is 3.70. The van der Waals surface area contributed by atoms with Gasteiger partial charge in [0.25, 0.3) is 5.56 Å². The quantitative estimate of drug-likeness (QED) is 0.840. The van der Waals surface area contributed by atoms with Gasteiger partial charge < -0.3 is 9.84 Å². The molecule has 0 bridgehead atoms. The molecule has 0 fully saturated rings. The highest BCUT2D eigenvalue weighted by Crippen LogP contribution is 2.37. The number of amides is 1. The molecule has 0 radical (unpaired) electrons. The molecule has 0 unspecified atom stereocenters. The van der Waals surface area contributed by atoms with E-state index >= 15 is 0 Å². The van der Waals surface area contributed by atoms with Crippen molar-refractivity contribution in [3.63, 3.8) is 0 Å². The van der Waals surface area contributed by atoms with Gasteiger partial charge in [0.15, 0.2) is 0 Å². The fourth-order valence-electron chi connectivity index (χ4n) is 3.32. The van der Waals surface area contributed by atoms with Crippen LogP contribution >= 0.6 is 0 Å². The lowest BCUT2D eigenvalue weighted by atomic mass is 9.98. The van der Waals surface area contributed by atoms with Crippen molar-refractivity contribution >= 4 is 11.6 Å². The number of aromatic hydroxyl groups is 1. The van der Waals surface area contributed by atoms with Gasteiger partial charge in [0, 0.05) is 33.0 Å². The van der Waals surface area contributed by atoms with E-state index in [1.54, 1.807) is 6.07 Å². The fourth-order valence-corrected chi connectivity index (χ4v) is 3.32. The Kier molecular flexibility index (Phi) is 5.08. The Hall–Kier alpha value is -3.36. The first-order valence-electron chi connectivity index (χ1n) is 8.86. The van der Waals surface area contributed by atoms with Crippen LogP contribution in [0.1, 0.15) is 37.4 Å². The van der Waals surface area contributed by atoms with Gasteiger partial charge in [0.05, 0.1) is 18.4 Å². The Balaban J connectivity index is 2.14. The smallest absolute Gasteiger partial charge is 0.333 e.